The maximum Gasteiger partial charge on any atom is 0.249 e. The number of aliphatic hydroxyl groups is 1. The Hall–Kier alpha value is -3.73. The molecule has 7 atom stereocenters. The third kappa shape index (κ3) is 7.14. The highest BCUT2D eigenvalue weighted by molar-refractivity contribution is 5.96. The zero-order valence-corrected chi connectivity index (χ0v) is 27.3. The largest absolute Gasteiger partial charge is 0.497 e. The van der Waals surface area contributed by atoms with Crippen LogP contribution in [0.2, 0.25) is 0 Å². The number of rotatable bonds is 7. The van der Waals surface area contributed by atoms with Gasteiger partial charge in [0, 0.05) is 26.1 Å². The summed E-state index contributed by atoms with van der Waals surface area (Å²) in [6, 6.07) is 14.2. The quantitative estimate of drug-likeness (QED) is 0.345. The van der Waals surface area contributed by atoms with Crippen molar-refractivity contribution >= 4 is 17.7 Å². The van der Waals surface area contributed by atoms with Crippen LogP contribution in [0.15, 0.2) is 60.7 Å². The van der Waals surface area contributed by atoms with E-state index in [1.807, 2.05) is 74.5 Å². The zero-order chi connectivity index (χ0) is 32.8. The maximum absolute atomic E-state index is 14.2. The molecule has 46 heavy (non-hydrogen) atoms. The van der Waals surface area contributed by atoms with E-state index in [2.05, 4.69) is 16.0 Å². The molecule has 3 amide bonds. The van der Waals surface area contributed by atoms with Gasteiger partial charge in [0.15, 0.2) is 0 Å². The summed E-state index contributed by atoms with van der Waals surface area (Å²) in [6.07, 6.45) is 5.22. The molecule has 4 N–H and O–H groups in total. The van der Waals surface area contributed by atoms with E-state index < -0.39 is 23.7 Å². The van der Waals surface area contributed by atoms with Crippen molar-refractivity contribution in [1.82, 2.24) is 20.9 Å². The molecule has 5 rings (SSSR count). The smallest absolute Gasteiger partial charge is 0.249 e. The number of amides is 3. The summed E-state index contributed by atoms with van der Waals surface area (Å²) in [5, 5.41) is 21.2. The minimum absolute atomic E-state index is 0.0654. The van der Waals surface area contributed by atoms with Crippen molar-refractivity contribution in [2.24, 2.45) is 5.92 Å². The number of hydrogen-bond donors (Lipinski definition) is 4. The van der Waals surface area contributed by atoms with Crippen LogP contribution >= 0.6 is 0 Å². The number of hydrogen-bond acceptors (Lipinski definition) is 7. The second-order valence-electron chi connectivity index (χ2n) is 12.8. The second-order valence-corrected chi connectivity index (χ2v) is 12.8. The van der Waals surface area contributed by atoms with Crippen molar-refractivity contribution in [3.8, 4) is 5.75 Å². The molecular formula is C36H48N4O6. The average molecular weight is 633 g/mol. The molecule has 2 heterocycles. The first-order chi connectivity index (χ1) is 22.2. The van der Waals surface area contributed by atoms with E-state index >= 15 is 0 Å². The van der Waals surface area contributed by atoms with Crippen molar-refractivity contribution in [3.63, 3.8) is 0 Å². The highest BCUT2D eigenvalue weighted by atomic mass is 16.5. The molecule has 2 aliphatic heterocycles. The van der Waals surface area contributed by atoms with Crippen LogP contribution in [-0.2, 0) is 25.5 Å². The summed E-state index contributed by atoms with van der Waals surface area (Å²) < 4.78 is 11.8. The van der Waals surface area contributed by atoms with Gasteiger partial charge in [-0.15, -0.1) is 0 Å². The molecule has 0 aromatic heterocycles. The van der Waals surface area contributed by atoms with Crippen molar-refractivity contribution in [1.29, 1.82) is 0 Å². The van der Waals surface area contributed by atoms with Crippen molar-refractivity contribution in [3.05, 3.63) is 77.4 Å². The van der Waals surface area contributed by atoms with E-state index in [0.29, 0.717) is 38.8 Å². The fourth-order valence-electron chi connectivity index (χ4n) is 7.19. The monoisotopic (exact) mass is 632 g/mol. The first-order valence-corrected chi connectivity index (χ1v) is 16.5. The summed E-state index contributed by atoms with van der Waals surface area (Å²) in [6.45, 7) is 6.29. The van der Waals surface area contributed by atoms with Crippen LogP contribution < -0.4 is 20.7 Å². The number of nitrogens with one attached hydrogen (secondary N) is 3. The predicted molar refractivity (Wildman–Crippen MR) is 175 cm³/mol. The number of likely N-dealkylation sites (tertiary alicyclic amines) is 1. The molecule has 1 fully saturated rings. The van der Waals surface area contributed by atoms with Crippen molar-refractivity contribution in [2.75, 3.05) is 26.8 Å². The number of methoxy groups -OCH3 is 1. The number of carbonyl (C=O) groups excluding carboxylic acids is 3. The number of fused-ring (bicyclic) bond motifs is 5. The molecule has 0 radical (unpaired) electrons. The van der Waals surface area contributed by atoms with Crippen LogP contribution in [0, 0.1) is 5.92 Å². The lowest BCUT2D eigenvalue weighted by Crippen LogP contribution is -2.60. The molecule has 3 aliphatic rings. The fourth-order valence-corrected chi connectivity index (χ4v) is 7.19. The number of carbonyl (C=O) groups is 3. The highest BCUT2D eigenvalue weighted by Crippen LogP contribution is 2.42. The van der Waals surface area contributed by atoms with Gasteiger partial charge < -0.3 is 35.4 Å². The molecule has 2 aromatic rings. The van der Waals surface area contributed by atoms with E-state index in [-0.39, 0.29) is 48.8 Å². The van der Waals surface area contributed by atoms with Crippen LogP contribution in [-0.4, -0.2) is 78.3 Å². The fraction of sp³-hybridized carbons (Fsp3) is 0.528. The van der Waals surface area contributed by atoms with Gasteiger partial charge in [-0.1, -0.05) is 68.8 Å². The second kappa shape index (κ2) is 14.8. The Labute approximate surface area is 271 Å². The molecule has 2 bridgehead atoms. The van der Waals surface area contributed by atoms with Crippen LogP contribution in [0.4, 0.5) is 0 Å². The van der Waals surface area contributed by atoms with Gasteiger partial charge in [0.05, 0.1) is 32.0 Å². The number of benzene rings is 2. The number of β-amino-alcohol motifs (C(OH)–C–C–N with tert-alkyl or cyclic N) is 1. The Kier molecular flexibility index (Phi) is 10.8. The van der Waals surface area contributed by atoms with E-state index in [4.69, 9.17) is 9.47 Å². The number of ether oxygens (including phenoxy) is 2. The maximum atomic E-state index is 14.2. The Morgan fingerprint density at radius 2 is 1.96 bits per heavy atom. The predicted octanol–water partition coefficient (Wildman–Crippen LogP) is 3.36. The topological polar surface area (TPSA) is 129 Å². The first kappa shape index (κ1) is 33.6. The summed E-state index contributed by atoms with van der Waals surface area (Å²) in [7, 11) is 1.64. The molecule has 2 aromatic carbocycles. The third-order valence-corrected chi connectivity index (χ3v) is 9.97. The summed E-state index contributed by atoms with van der Waals surface area (Å²) >= 11 is 0. The molecule has 1 saturated heterocycles. The normalized spacial score (nSPS) is 29.3. The van der Waals surface area contributed by atoms with Crippen molar-refractivity contribution < 1.29 is 29.0 Å². The minimum Gasteiger partial charge on any atom is -0.497 e. The molecule has 10 nitrogen and oxygen atoms in total. The summed E-state index contributed by atoms with van der Waals surface area (Å²) in [5.74, 6) is -0.209. The van der Waals surface area contributed by atoms with Crippen LogP contribution in [0.1, 0.15) is 75.3 Å². The van der Waals surface area contributed by atoms with Gasteiger partial charge in [0.2, 0.25) is 17.7 Å². The van der Waals surface area contributed by atoms with Gasteiger partial charge in [-0.05, 0) is 60.4 Å². The van der Waals surface area contributed by atoms with Crippen LogP contribution in [0.5, 0.6) is 5.75 Å². The Bertz CT molecular complexity index is 1420. The van der Waals surface area contributed by atoms with Crippen LogP contribution in [0.3, 0.4) is 0 Å². The molecule has 10 heteroatoms. The minimum atomic E-state index is -1.06. The Morgan fingerprint density at radius 3 is 2.67 bits per heavy atom. The lowest BCUT2D eigenvalue weighted by molar-refractivity contribution is -0.144. The summed E-state index contributed by atoms with van der Waals surface area (Å²) in [5.41, 5.74) is 2.08. The van der Waals surface area contributed by atoms with Gasteiger partial charge in [-0.25, -0.2) is 0 Å². The average Bonchev–Trinajstić information content (AvgIpc) is 3.56. The lowest BCUT2D eigenvalue weighted by Gasteiger charge is -2.36. The third-order valence-electron chi connectivity index (χ3n) is 9.97. The van der Waals surface area contributed by atoms with E-state index in [0.717, 1.165) is 22.4 Å². The molecular weight excluding hydrogens is 584 g/mol. The Morgan fingerprint density at radius 1 is 1.17 bits per heavy atom. The standard InChI is InChI=1S/C36H48N4O6/c1-5-23(2)36(39-24(3)41)16-17-40(35(36)44)31-13-9-10-18-46-33-21-29(28-20-26(45-4)14-15-27(28)33)37-22-32(42)30(38-34(31)43)19-25-11-7-6-8-12-25/h6-12,14-15,20,23,29-33,37,42H,5,13,16-19,21-22H2,1-4H3,(H,38,43)(H,39,41)/t23-,29-,30-,31-,32+,33+,36-/m0/s1. The highest BCUT2D eigenvalue weighted by Gasteiger charge is 2.53. The molecule has 0 saturated carbocycles. The van der Waals surface area contributed by atoms with Gasteiger partial charge in [-0.3, -0.25) is 14.4 Å². The number of aliphatic hydroxyl groups excluding tert-OH is 1. The first-order valence-electron chi connectivity index (χ1n) is 16.5. The Balaban J connectivity index is 1.46. The van der Waals surface area contributed by atoms with Crippen molar-refractivity contribution in [2.45, 2.75) is 88.7 Å². The van der Waals surface area contributed by atoms with Gasteiger partial charge in [-0.2, -0.15) is 0 Å². The molecule has 0 spiro atoms. The van der Waals surface area contributed by atoms with Gasteiger partial charge in [0.25, 0.3) is 0 Å². The van der Waals surface area contributed by atoms with E-state index in [1.165, 1.54) is 6.92 Å². The lowest BCUT2D eigenvalue weighted by atomic mass is 9.81. The summed E-state index contributed by atoms with van der Waals surface area (Å²) in [4.78, 5) is 42.2. The van der Waals surface area contributed by atoms with E-state index in [9.17, 15) is 19.5 Å². The molecule has 0 unspecified atom stereocenters. The molecule has 248 valence electrons. The van der Waals surface area contributed by atoms with Crippen LogP contribution in [0.25, 0.3) is 0 Å². The number of nitrogens with zero attached hydrogens (tertiary/aromatic N) is 1. The van der Waals surface area contributed by atoms with Gasteiger partial charge in [0.1, 0.15) is 17.3 Å². The van der Waals surface area contributed by atoms with E-state index in [1.54, 1.807) is 12.0 Å². The molecule has 1 aliphatic carbocycles. The SMILES string of the molecule is CC[C@H](C)[C@@]1(NC(C)=O)CCN([C@H]2CC=CCO[C@@H]3C[C@H](NC[C@@H](O)[C@H](Cc4ccccc4)NC2=O)c2cc(OC)ccc23)C1=O. The van der Waals surface area contributed by atoms with Gasteiger partial charge >= 0.3 is 0 Å². The zero-order valence-electron chi connectivity index (χ0n) is 27.3.